The van der Waals surface area contributed by atoms with Crippen molar-refractivity contribution in [1.29, 1.82) is 0 Å². The predicted molar refractivity (Wildman–Crippen MR) is 103 cm³/mol. The number of nitrogens with one attached hydrogen (secondary N) is 1. The number of fused-ring (bicyclic) bond motifs is 1. The number of nitrogens with zero attached hydrogens (tertiary/aromatic N) is 3. The minimum Gasteiger partial charge on any atom is -0.378 e. The largest absolute Gasteiger partial charge is 0.378 e. The van der Waals surface area contributed by atoms with E-state index in [9.17, 15) is 18.4 Å². The van der Waals surface area contributed by atoms with E-state index in [1.165, 1.54) is 11.0 Å². The van der Waals surface area contributed by atoms with Crippen molar-refractivity contribution in [2.75, 3.05) is 42.6 Å². The highest BCUT2D eigenvalue weighted by molar-refractivity contribution is 5.95. The van der Waals surface area contributed by atoms with Crippen LogP contribution in [0, 0.1) is 18.6 Å². The van der Waals surface area contributed by atoms with E-state index in [2.05, 4.69) is 9.97 Å². The lowest BCUT2D eigenvalue weighted by Crippen LogP contribution is -2.38. The summed E-state index contributed by atoms with van der Waals surface area (Å²) < 4.78 is 32.8. The van der Waals surface area contributed by atoms with Crippen molar-refractivity contribution < 1.29 is 18.3 Å². The summed E-state index contributed by atoms with van der Waals surface area (Å²) >= 11 is 0. The Labute approximate surface area is 166 Å². The fraction of sp³-hybridized carbons (Fsp3) is 0.450. The molecule has 1 amide bonds. The number of aryl methyl sites for hydroxylation is 1. The number of aromatic nitrogens is 2. The third-order valence-corrected chi connectivity index (χ3v) is 5.42. The fourth-order valence-corrected chi connectivity index (χ4v) is 3.86. The van der Waals surface area contributed by atoms with Gasteiger partial charge in [-0.05, 0) is 25.8 Å². The standard InChI is InChI=1S/C20H22F2N4O3/c1-12-14(19(28)24-20(23-12)25-6-8-29-9-7-25)2-3-18(27)26-5-4-15-16(22)10-13(21)11-17(15)26/h10-11H,2-9H2,1H3,(H,23,24,28). The topological polar surface area (TPSA) is 78.5 Å². The second kappa shape index (κ2) is 7.90. The third-order valence-electron chi connectivity index (χ3n) is 5.42. The Bertz CT molecular complexity index is 1000. The number of rotatable bonds is 4. The van der Waals surface area contributed by atoms with E-state index in [-0.39, 0.29) is 30.0 Å². The van der Waals surface area contributed by atoms with Crippen LogP contribution >= 0.6 is 0 Å². The van der Waals surface area contributed by atoms with Crippen molar-refractivity contribution in [2.24, 2.45) is 0 Å². The molecule has 1 fully saturated rings. The van der Waals surface area contributed by atoms with E-state index < -0.39 is 11.6 Å². The van der Waals surface area contributed by atoms with Gasteiger partial charge in [0.1, 0.15) is 11.6 Å². The fourth-order valence-electron chi connectivity index (χ4n) is 3.86. The lowest BCUT2D eigenvalue weighted by Gasteiger charge is -2.27. The molecule has 0 radical (unpaired) electrons. The van der Waals surface area contributed by atoms with E-state index >= 15 is 0 Å². The van der Waals surface area contributed by atoms with Crippen LogP contribution in [0.15, 0.2) is 16.9 Å². The molecule has 0 spiro atoms. The Morgan fingerprint density at radius 2 is 2.00 bits per heavy atom. The second-order valence-corrected chi connectivity index (χ2v) is 7.23. The van der Waals surface area contributed by atoms with Crippen molar-refractivity contribution in [3.05, 3.63) is 50.9 Å². The summed E-state index contributed by atoms with van der Waals surface area (Å²) in [6.45, 7) is 4.52. The van der Waals surface area contributed by atoms with Gasteiger partial charge in [0.25, 0.3) is 5.56 Å². The van der Waals surface area contributed by atoms with Gasteiger partial charge in [0.15, 0.2) is 0 Å². The van der Waals surface area contributed by atoms with Crippen LogP contribution in [0.3, 0.4) is 0 Å². The number of morpholine rings is 1. The smallest absolute Gasteiger partial charge is 0.255 e. The molecule has 7 nitrogen and oxygen atoms in total. The normalized spacial score (nSPS) is 16.2. The van der Waals surface area contributed by atoms with Gasteiger partial charge in [-0.2, -0.15) is 0 Å². The summed E-state index contributed by atoms with van der Waals surface area (Å²) in [7, 11) is 0. The van der Waals surface area contributed by atoms with Gasteiger partial charge in [-0.25, -0.2) is 13.8 Å². The van der Waals surface area contributed by atoms with Crippen LogP contribution in [-0.2, 0) is 22.4 Å². The Morgan fingerprint density at radius 3 is 2.72 bits per heavy atom. The van der Waals surface area contributed by atoms with Crippen LogP contribution in [0.25, 0.3) is 0 Å². The van der Waals surface area contributed by atoms with Crippen molar-refractivity contribution >= 4 is 17.5 Å². The molecule has 0 bridgehead atoms. The van der Waals surface area contributed by atoms with Crippen LogP contribution in [0.4, 0.5) is 20.4 Å². The van der Waals surface area contributed by atoms with Crippen LogP contribution < -0.4 is 15.4 Å². The third kappa shape index (κ3) is 3.87. The quantitative estimate of drug-likeness (QED) is 0.840. The van der Waals surface area contributed by atoms with Gasteiger partial charge in [-0.15, -0.1) is 0 Å². The Balaban J connectivity index is 1.47. The molecule has 1 aromatic heterocycles. The van der Waals surface area contributed by atoms with Gasteiger partial charge in [-0.3, -0.25) is 14.6 Å². The number of ether oxygens (including phenoxy) is 1. The molecule has 2 aliphatic rings. The van der Waals surface area contributed by atoms with Gasteiger partial charge in [0.05, 0.1) is 18.9 Å². The van der Waals surface area contributed by atoms with Crippen molar-refractivity contribution in [3.8, 4) is 0 Å². The van der Waals surface area contributed by atoms with E-state index in [0.717, 1.165) is 6.07 Å². The average Bonchev–Trinajstić information content (AvgIpc) is 3.12. The highest BCUT2D eigenvalue weighted by Crippen LogP contribution is 2.31. The lowest BCUT2D eigenvalue weighted by atomic mass is 10.1. The maximum absolute atomic E-state index is 13.9. The predicted octanol–water partition coefficient (Wildman–Crippen LogP) is 1.72. The molecule has 0 unspecified atom stereocenters. The highest BCUT2D eigenvalue weighted by Gasteiger charge is 2.28. The number of aromatic amines is 1. The van der Waals surface area contributed by atoms with Crippen LogP contribution in [-0.4, -0.2) is 48.7 Å². The number of H-pyrrole nitrogens is 1. The van der Waals surface area contributed by atoms with E-state index in [1.54, 1.807) is 6.92 Å². The van der Waals surface area contributed by atoms with Crippen molar-refractivity contribution in [2.45, 2.75) is 26.2 Å². The molecule has 0 atom stereocenters. The minimum atomic E-state index is -0.712. The zero-order valence-electron chi connectivity index (χ0n) is 16.1. The summed E-state index contributed by atoms with van der Waals surface area (Å²) in [5.41, 5.74) is 1.37. The zero-order valence-corrected chi connectivity index (χ0v) is 16.1. The lowest BCUT2D eigenvalue weighted by molar-refractivity contribution is -0.118. The molecule has 2 aliphatic heterocycles. The summed E-state index contributed by atoms with van der Waals surface area (Å²) in [4.78, 5) is 35.8. The van der Waals surface area contributed by atoms with Gasteiger partial charge in [0.2, 0.25) is 11.9 Å². The molecule has 154 valence electrons. The molecule has 1 aromatic carbocycles. The van der Waals surface area contributed by atoms with Crippen LogP contribution in [0.5, 0.6) is 0 Å². The monoisotopic (exact) mass is 404 g/mol. The average molecular weight is 404 g/mol. The van der Waals surface area contributed by atoms with Crippen LogP contribution in [0.2, 0.25) is 0 Å². The van der Waals surface area contributed by atoms with E-state index in [1.807, 2.05) is 4.90 Å². The first-order chi connectivity index (χ1) is 13.9. The van der Waals surface area contributed by atoms with E-state index in [0.29, 0.717) is 62.0 Å². The Kier molecular flexibility index (Phi) is 5.31. The molecule has 4 rings (SSSR count). The van der Waals surface area contributed by atoms with Crippen molar-refractivity contribution in [1.82, 2.24) is 9.97 Å². The first-order valence-corrected chi connectivity index (χ1v) is 9.65. The van der Waals surface area contributed by atoms with Crippen LogP contribution in [0.1, 0.15) is 23.2 Å². The molecular weight excluding hydrogens is 382 g/mol. The number of carbonyl (C=O) groups is 1. The molecule has 0 aliphatic carbocycles. The number of hydrogen-bond donors (Lipinski definition) is 1. The van der Waals surface area contributed by atoms with Gasteiger partial charge in [0, 0.05) is 48.9 Å². The Hall–Kier alpha value is -2.81. The molecule has 29 heavy (non-hydrogen) atoms. The van der Waals surface area contributed by atoms with E-state index in [4.69, 9.17) is 4.74 Å². The van der Waals surface area contributed by atoms with Gasteiger partial charge >= 0.3 is 0 Å². The first kappa shape index (κ1) is 19.5. The van der Waals surface area contributed by atoms with Crippen molar-refractivity contribution in [3.63, 3.8) is 0 Å². The summed E-state index contributed by atoms with van der Waals surface area (Å²) in [5.74, 6) is -1.11. The van der Waals surface area contributed by atoms with Gasteiger partial charge < -0.3 is 14.5 Å². The maximum Gasteiger partial charge on any atom is 0.255 e. The SMILES string of the molecule is Cc1nc(N2CCOCC2)[nH]c(=O)c1CCC(=O)N1CCc2c(F)cc(F)cc21. The summed E-state index contributed by atoms with van der Waals surface area (Å²) in [6.07, 6.45) is 0.614. The first-order valence-electron chi connectivity index (χ1n) is 9.65. The number of anilines is 2. The molecular formula is C20H22F2N4O3. The molecule has 9 heteroatoms. The summed E-state index contributed by atoms with van der Waals surface area (Å²) in [5, 5.41) is 0. The number of benzene rings is 1. The molecule has 3 heterocycles. The van der Waals surface area contributed by atoms with Gasteiger partial charge in [-0.1, -0.05) is 0 Å². The molecule has 1 N–H and O–H groups in total. The zero-order chi connectivity index (χ0) is 20.5. The number of hydrogen-bond acceptors (Lipinski definition) is 5. The minimum absolute atomic E-state index is 0.0556. The summed E-state index contributed by atoms with van der Waals surface area (Å²) in [6, 6.07) is 2.01. The highest BCUT2D eigenvalue weighted by atomic mass is 19.1. The number of halogens is 2. The number of carbonyl (C=O) groups excluding carboxylic acids is 1. The Morgan fingerprint density at radius 1 is 1.24 bits per heavy atom. The molecule has 2 aromatic rings. The molecule has 1 saturated heterocycles. The second-order valence-electron chi connectivity index (χ2n) is 7.23. The molecule has 0 saturated carbocycles. The number of amides is 1. The maximum atomic E-state index is 13.9.